The number of carbonyl (C=O) groups is 1. The molecule has 6 heteroatoms. The van der Waals surface area contributed by atoms with Crippen LogP contribution in [0.1, 0.15) is 33.9 Å². The van der Waals surface area contributed by atoms with Gasteiger partial charge in [0.2, 0.25) is 0 Å². The number of anilines is 1. The lowest BCUT2D eigenvalue weighted by Gasteiger charge is -2.06. The molecule has 0 aliphatic heterocycles. The van der Waals surface area contributed by atoms with E-state index in [0.29, 0.717) is 10.8 Å². The number of nitrogens with zero attached hydrogens (tertiary/aromatic N) is 2. The Balaban J connectivity index is 1.63. The second kappa shape index (κ2) is 5.94. The Labute approximate surface area is 144 Å². The molecule has 0 spiro atoms. The predicted octanol–water partition coefficient (Wildman–Crippen LogP) is 3.77. The van der Waals surface area contributed by atoms with Crippen LogP contribution in [0.15, 0.2) is 24.3 Å². The number of rotatable bonds is 3. The maximum Gasteiger partial charge on any atom is 0.274 e. The lowest BCUT2D eigenvalue weighted by atomic mass is 10.0. The number of amides is 1. The molecule has 2 heterocycles. The van der Waals surface area contributed by atoms with Crippen molar-refractivity contribution in [2.24, 2.45) is 7.05 Å². The summed E-state index contributed by atoms with van der Waals surface area (Å²) in [5, 5.41) is 4.65. The molecule has 2 aromatic heterocycles. The molecule has 1 amide bonds. The molecular weight excluding hydrogens is 322 g/mol. The quantitative estimate of drug-likeness (QED) is 0.789. The summed E-state index contributed by atoms with van der Waals surface area (Å²) in [6.45, 7) is 0. The van der Waals surface area contributed by atoms with E-state index in [1.54, 1.807) is 18.4 Å². The van der Waals surface area contributed by atoms with E-state index in [0.717, 1.165) is 35.2 Å². The molecule has 4 rings (SSSR count). The maximum atomic E-state index is 12.7. The minimum atomic E-state index is -0.126. The van der Waals surface area contributed by atoms with Crippen LogP contribution in [0.2, 0.25) is 0 Å². The third-order valence-electron chi connectivity index (χ3n) is 4.55. The second-order valence-corrected chi connectivity index (χ2v) is 7.15. The summed E-state index contributed by atoms with van der Waals surface area (Å²) >= 11 is 1.60. The molecule has 0 saturated heterocycles. The van der Waals surface area contributed by atoms with Gasteiger partial charge in [-0.05, 0) is 49.9 Å². The van der Waals surface area contributed by atoms with E-state index in [-0.39, 0.29) is 5.91 Å². The van der Waals surface area contributed by atoms with Gasteiger partial charge in [0.25, 0.3) is 5.91 Å². The molecule has 0 fully saturated rings. The summed E-state index contributed by atoms with van der Waals surface area (Å²) in [4.78, 5) is 18.6. The van der Waals surface area contributed by atoms with Crippen LogP contribution in [-0.4, -0.2) is 22.6 Å². The molecule has 0 radical (unpaired) electrons. The first-order valence-electron chi connectivity index (χ1n) is 8.09. The Hall–Kier alpha value is -2.34. The van der Waals surface area contributed by atoms with Gasteiger partial charge >= 0.3 is 0 Å². The lowest BCUT2D eigenvalue weighted by molar-refractivity contribution is 0.101. The summed E-state index contributed by atoms with van der Waals surface area (Å²) in [5.74, 6) is 0.659. The van der Waals surface area contributed by atoms with E-state index in [2.05, 4.69) is 10.3 Å². The number of ether oxygens (including phenoxy) is 1. The van der Waals surface area contributed by atoms with Crippen molar-refractivity contribution >= 4 is 33.3 Å². The van der Waals surface area contributed by atoms with Crippen LogP contribution in [0.4, 0.5) is 5.13 Å². The third-order valence-corrected chi connectivity index (χ3v) is 5.62. The van der Waals surface area contributed by atoms with Crippen molar-refractivity contribution < 1.29 is 9.53 Å². The van der Waals surface area contributed by atoms with E-state index in [1.807, 2.05) is 35.9 Å². The van der Waals surface area contributed by atoms with E-state index in [4.69, 9.17) is 4.74 Å². The molecule has 1 N–H and O–H groups in total. The molecule has 1 aliphatic carbocycles. The fraction of sp³-hybridized carbons (Fsp3) is 0.333. The van der Waals surface area contributed by atoms with Gasteiger partial charge in [0.05, 0.1) is 12.8 Å². The SMILES string of the molecule is COc1ccc2c(c1)cc(C(=O)Nc1nc3c(s1)CCCC3)n2C. The molecule has 24 heavy (non-hydrogen) atoms. The zero-order valence-corrected chi connectivity index (χ0v) is 14.6. The average Bonchev–Trinajstić information content (AvgIpc) is 3.15. The standard InChI is InChI=1S/C18H19N3O2S/c1-21-14-8-7-12(23-2)9-11(14)10-15(21)17(22)20-18-19-13-5-3-4-6-16(13)24-18/h7-10H,3-6H2,1-2H3,(H,19,20,22). The summed E-state index contributed by atoms with van der Waals surface area (Å²) in [7, 11) is 3.54. The highest BCUT2D eigenvalue weighted by Gasteiger charge is 2.19. The van der Waals surface area contributed by atoms with Crippen LogP contribution in [0.3, 0.4) is 0 Å². The van der Waals surface area contributed by atoms with Crippen molar-refractivity contribution in [2.75, 3.05) is 12.4 Å². The molecular formula is C18H19N3O2S. The Bertz CT molecular complexity index is 902. The first-order chi connectivity index (χ1) is 11.7. The van der Waals surface area contributed by atoms with Crippen molar-refractivity contribution in [2.45, 2.75) is 25.7 Å². The molecule has 0 bridgehead atoms. The zero-order valence-electron chi connectivity index (χ0n) is 13.8. The third kappa shape index (κ3) is 2.57. The Morgan fingerprint density at radius 3 is 2.92 bits per heavy atom. The van der Waals surface area contributed by atoms with Crippen molar-refractivity contribution in [3.63, 3.8) is 0 Å². The van der Waals surface area contributed by atoms with Crippen LogP contribution in [0.25, 0.3) is 10.9 Å². The predicted molar refractivity (Wildman–Crippen MR) is 96.2 cm³/mol. The molecule has 3 aromatic rings. The molecule has 0 unspecified atom stereocenters. The van der Waals surface area contributed by atoms with E-state index >= 15 is 0 Å². The Morgan fingerprint density at radius 1 is 1.29 bits per heavy atom. The molecule has 1 aliphatic rings. The number of nitrogens with one attached hydrogen (secondary N) is 1. The van der Waals surface area contributed by atoms with Crippen molar-refractivity contribution in [3.05, 3.63) is 40.5 Å². The van der Waals surface area contributed by atoms with Crippen molar-refractivity contribution in [3.8, 4) is 5.75 Å². The van der Waals surface area contributed by atoms with Gasteiger partial charge in [-0.3, -0.25) is 10.1 Å². The second-order valence-electron chi connectivity index (χ2n) is 6.06. The van der Waals surface area contributed by atoms with Gasteiger partial charge in [-0.2, -0.15) is 0 Å². The van der Waals surface area contributed by atoms with Crippen LogP contribution in [0, 0.1) is 0 Å². The van der Waals surface area contributed by atoms with Gasteiger partial charge in [0.1, 0.15) is 11.4 Å². The first-order valence-corrected chi connectivity index (χ1v) is 8.91. The Kier molecular flexibility index (Phi) is 3.76. The van der Waals surface area contributed by atoms with Gasteiger partial charge in [-0.25, -0.2) is 4.98 Å². The highest BCUT2D eigenvalue weighted by atomic mass is 32.1. The van der Waals surface area contributed by atoms with Crippen LogP contribution in [0.5, 0.6) is 5.75 Å². The fourth-order valence-electron chi connectivity index (χ4n) is 3.24. The van der Waals surface area contributed by atoms with Crippen LogP contribution in [-0.2, 0) is 19.9 Å². The van der Waals surface area contributed by atoms with E-state index in [1.165, 1.54) is 17.7 Å². The van der Waals surface area contributed by atoms with E-state index < -0.39 is 0 Å². The molecule has 124 valence electrons. The van der Waals surface area contributed by atoms with Gasteiger partial charge in [0.15, 0.2) is 5.13 Å². The minimum absolute atomic E-state index is 0.126. The topological polar surface area (TPSA) is 56.1 Å². The first kappa shape index (κ1) is 15.2. The van der Waals surface area contributed by atoms with Gasteiger partial charge in [-0.1, -0.05) is 0 Å². The van der Waals surface area contributed by atoms with Crippen LogP contribution >= 0.6 is 11.3 Å². The van der Waals surface area contributed by atoms with Gasteiger partial charge in [-0.15, -0.1) is 11.3 Å². The minimum Gasteiger partial charge on any atom is -0.497 e. The van der Waals surface area contributed by atoms with Crippen molar-refractivity contribution in [1.82, 2.24) is 9.55 Å². The number of hydrogen-bond acceptors (Lipinski definition) is 4. The summed E-state index contributed by atoms with van der Waals surface area (Å²) < 4.78 is 7.16. The van der Waals surface area contributed by atoms with Crippen LogP contribution < -0.4 is 10.1 Å². The van der Waals surface area contributed by atoms with Gasteiger partial charge < -0.3 is 9.30 Å². The highest BCUT2D eigenvalue weighted by Crippen LogP contribution is 2.30. The number of fused-ring (bicyclic) bond motifs is 2. The monoisotopic (exact) mass is 341 g/mol. The number of aryl methyl sites for hydroxylation is 3. The zero-order chi connectivity index (χ0) is 16.7. The number of thiazole rings is 1. The van der Waals surface area contributed by atoms with E-state index in [9.17, 15) is 4.79 Å². The molecule has 0 saturated carbocycles. The maximum absolute atomic E-state index is 12.7. The summed E-state index contributed by atoms with van der Waals surface area (Å²) in [6, 6.07) is 7.70. The molecule has 5 nitrogen and oxygen atoms in total. The van der Waals surface area contributed by atoms with Crippen molar-refractivity contribution in [1.29, 1.82) is 0 Å². The largest absolute Gasteiger partial charge is 0.497 e. The fourth-order valence-corrected chi connectivity index (χ4v) is 4.28. The normalized spacial score (nSPS) is 13.8. The lowest BCUT2D eigenvalue weighted by Crippen LogP contribution is -2.15. The Morgan fingerprint density at radius 2 is 2.12 bits per heavy atom. The number of aromatic nitrogens is 2. The molecule has 0 atom stereocenters. The summed E-state index contributed by atoms with van der Waals surface area (Å²) in [5.41, 5.74) is 2.77. The average molecular weight is 341 g/mol. The number of hydrogen-bond donors (Lipinski definition) is 1. The number of carbonyl (C=O) groups excluding carboxylic acids is 1. The smallest absolute Gasteiger partial charge is 0.274 e. The highest BCUT2D eigenvalue weighted by molar-refractivity contribution is 7.15. The summed E-state index contributed by atoms with van der Waals surface area (Å²) in [6.07, 6.45) is 4.51. The number of methoxy groups -OCH3 is 1. The number of benzene rings is 1. The molecule has 1 aromatic carbocycles. The van der Waals surface area contributed by atoms with Gasteiger partial charge in [0, 0.05) is 22.8 Å².